The number of fused-ring (bicyclic) bond motifs is 1. The van der Waals surface area contributed by atoms with E-state index in [0.29, 0.717) is 24.3 Å². The number of ether oxygens (including phenoxy) is 1. The summed E-state index contributed by atoms with van der Waals surface area (Å²) in [6.45, 7) is 0.495. The third-order valence-electron chi connectivity index (χ3n) is 4.21. The molecule has 2 aromatic carbocycles. The first-order valence-electron chi connectivity index (χ1n) is 8.23. The molecule has 130 valence electrons. The van der Waals surface area contributed by atoms with Gasteiger partial charge in [-0.3, -0.25) is 4.79 Å². The van der Waals surface area contributed by atoms with Crippen LogP contribution in [0.3, 0.4) is 0 Å². The number of methoxy groups -OCH3 is 1. The lowest BCUT2D eigenvalue weighted by Gasteiger charge is -2.16. The third kappa shape index (κ3) is 3.83. The molecule has 2 N–H and O–H groups in total. The van der Waals surface area contributed by atoms with E-state index in [1.54, 1.807) is 19.2 Å². The summed E-state index contributed by atoms with van der Waals surface area (Å²) in [6, 6.07) is 17.1. The number of furan rings is 1. The first-order chi connectivity index (χ1) is 12.2. The number of aliphatic hydroxyl groups is 1. The zero-order valence-corrected chi connectivity index (χ0v) is 14.1. The highest BCUT2D eigenvalue weighted by atomic mass is 16.5. The second-order valence-corrected chi connectivity index (χ2v) is 5.82. The number of nitrogens with one attached hydrogen (secondary N) is 1. The number of para-hydroxylation sites is 1. The fourth-order valence-electron chi connectivity index (χ4n) is 2.88. The molecule has 1 unspecified atom stereocenters. The van der Waals surface area contributed by atoms with Crippen LogP contribution >= 0.6 is 0 Å². The smallest absolute Gasteiger partial charge is 0.287 e. The SMILES string of the molecule is COc1cccc2cc(C(=O)NCC(CCO)c3ccccc3)oc12. The van der Waals surface area contributed by atoms with Crippen molar-refractivity contribution in [3.63, 3.8) is 0 Å². The zero-order valence-electron chi connectivity index (χ0n) is 14.1. The number of amides is 1. The van der Waals surface area contributed by atoms with Gasteiger partial charge < -0.3 is 19.6 Å². The Morgan fingerprint density at radius 1 is 1.20 bits per heavy atom. The molecule has 3 rings (SSSR count). The molecule has 1 atom stereocenters. The fourth-order valence-corrected chi connectivity index (χ4v) is 2.88. The standard InChI is InChI=1S/C20H21NO4/c1-24-17-9-5-8-15-12-18(25-19(15)17)20(23)21-13-16(10-11-22)14-6-3-2-4-7-14/h2-9,12,16,22H,10-11,13H2,1H3,(H,21,23). The maximum absolute atomic E-state index is 12.4. The van der Waals surface area contributed by atoms with Crippen molar-refractivity contribution in [2.75, 3.05) is 20.3 Å². The molecular formula is C20H21NO4. The summed E-state index contributed by atoms with van der Waals surface area (Å²) in [7, 11) is 1.57. The third-order valence-corrected chi connectivity index (χ3v) is 4.21. The number of hydrogen-bond donors (Lipinski definition) is 2. The van der Waals surface area contributed by atoms with Crippen molar-refractivity contribution < 1.29 is 19.1 Å². The maximum Gasteiger partial charge on any atom is 0.287 e. The van der Waals surface area contributed by atoms with Gasteiger partial charge in [-0.15, -0.1) is 0 Å². The van der Waals surface area contributed by atoms with Crippen LogP contribution in [0.25, 0.3) is 11.0 Å². The molecule has 0 spiro atoms. The van der Waals surface area contributed by atoms with Crippen LogP contribution in [0.2, 0.25) is 0 Å². The van der Waals surface area contributed by atoms with E-state index in [0.717, 1.165) is 10.9 Å². The van der Waals surface area contributed by atoms with E-state index in [2.05, 4.69) is 5.32 Å². The molecule has 3 aromatic rings. The number of aliphatic hydroxyl groups excluding tert-OH is 1. The Hall–Kier alpha value is -2.79. The Labute approximate surface area is 146 Å². The molecule has 1 amide bonds. The predicted octanol–water partition coefficient (Wildman–Crippen LogP) is 3.34. The molecule has 0 radical (unpaired) electrons. The monoisotopic (exact) mass is 339 g/mol. The van der Waals surface area contributed by atoms with Crippen LogP contribution in [-0.2, 0) is 0 Å². The van der Waals surface area contributed by atoms with Crippen molar-refractivity contribution in [2.45, 2.75) is 12.3 Å². The van der Waals surface area contributed by atoms with Gasteiger partial charge in [-0.05, 0) is 24.1 Å². The number of hydrogen-bond acceptors (Lipinski definition) is 4. The van der Waals surface area contributed by atoms with Crippen molar-refractivity contribution in [3.05, 3.63) is 65.9 Å². The lowest BCUT2D eigenvalue weighted by Crippen LogP contribution is -2.28. The van der Waals surface area contributed by atoms with Crippen LogP contribution in [0, 0.1) is 0 Å². The van der Waals surface area contributed by atoms with Gasteiger partial charge in [0.2, 0.25) is 0 Å². The summed E-state index contributed by atoms with van der Waals surface area (Å²) in [5, 5.41) is 13.0. The van der Waals surface area contributed by atoms with Gasteiger partial charge in [0.05, 0.1) is 7.11 Å². The average molecular weight is 339 g/mol. The largest absolute Gasteiger partial charge is 0.493 e. The Balaban J connectivity index is 1.73. The Morgan fingerprint density at radius 3 is 2.72 bits per heavy atom. The van der Waals surface area contributed by atoms with Crippen LogP contribution < -0.4 is 10.1 Å². The molecule has 5 heteroatoms. The van der Waals surface area contributed by atoms with Gasteiger partial charge in [0, 0.05) is 24.5 Å². The molecule has 0 aliphatic carbocycles. The summed E-state index contributed by atoms with van der Waals surface area (Å²) in [5.41, 5.74) is 1.65. The minimum atomic E-state index is -0.280. The normalized spacial score (nSPS) is 12.1. The van der Waals surface area contributed by atoms with E-state index in [1.807, 2.05) is 42.5 Å². The van der Waals surface area contributed by atoms with Crippen molar-refractivity contribution in [3.8, 4) is 5.75 Å². The first-order valence-corrected chi connectivity index (χ1v) is 8.23. The van der Waals surface area contributed by atoms with E-state index in [4.69, 9.17) is 9.15 Å². The Bertz CT molecular complexity index is 841. The number of carbonyl (C=O) groups excluding carboxylic acids is 1. The lowest BCUT2D eigenvalue weighted by molar-refractivity contribution is 0.0923. The van der Waals surface area contributed by atoms with Crippen LogP contribution in [0.1, 0.15) is 28.5 Å². The van der Waals surface area contributed by atoms with Crippen molar-refractivity contribution in [2.24, 2.45) is 0 Å². The summed E-state index contributed by atoms with van der Waals surface area (Å²) in [4.78, 5) is 12.4. The topological polar surface area (TPSA) is 71.7 Å². The predicted molar refractivity (Wildman–Crippen MR) is 96.0 cm³/mol. The van der Waals surface area contributed by atoms with Crippen LogP contribution in [0.5, 0.6) is 5.75 Å². The van der Waals surface area contributed by atoms with Gasteiger partial charge in [0.25, 0.3) is 5.91 Å². The van der Waals surface area contributed by atoms with Crippen LogP contribution in [-0.4, -0.2) is 31.3 Å². The quantitative estimate of drug-likeness (QED) is 0.692. The fraction of sp³-hybridized carbons (Fsp3) is 0.250. The molecule has 0 aliphatic heterocycles. The highest BCUT2D eigenvalue weighted by molar-refractivity contribution is 5.97. The molecule has 0 fully saturated rings. The number of rotatable bonds is 7. The van der Waals surface area contributed by atoms with E-state index in [9.17, 15) is 9.90 Å². The minimum absolute atomic E-state index is 0.0501. The van der Waals surface area contributed by atoms with Gasteiger partial charge in [0.1, 0.15) is 0 Å². The van der Waals surface area contributed by atoms with Crippen molar-refractivity contribution >= 4 is 16.9 Å². The summed E-state index contributed by atoms with van der Waals surface area (Å²) in [6.07, 6.45) is 0.582. The number of carbonyl (C=O) groups is 1. The molecule has 0 aliphatic rings. The van der Waals surface area contributed by atoms with Crippen molar-refractivity contribution in [1.29, 1.82) is 0 Å². The Kier molecular flexibility index (Phi) is 5.36. The zero-order chi connectivity index (χ0) is 17.6. The molecule has 1 aromatic heterocycles. The maximum atomic E-state index is 12.4. The highest BCUT2D eigenvalue weighted by Crippen LogP contribution is 2.28. The van der Waals surface area contributed by atoms with Crippen LogP contribution in [0.15, 0.2) is 59.0 Å². The van der Waals surface area contributed by atoms with E-state index in [-0.39, 0.29) is 24.2 Å². The van der Waals surface area contributed by atoms with E-state index < -0.39 is 0 Å². The van der Waals surface area contributed by atoms with Gasteiger partial charge in [-0.1, -0.05) is 42.5 Å². The molecular weight excluding hydrogens is 318 g/mol. The Morgan fingerprint density at radius 2 is 2.00 bits per heavy atom. The average Bonchev–Trinajstić information content (AvgIpc) is 3.10. The van der Waals surface area contributed by atoms with Gasteiger partial charge in [-0.2, -0.15) is 0 Å². The molecule has 0 saturated carbocycles. The minimum Gasteiger partial charge on any atom is -0.493 e. The first kappa shape index (κ1) is 17.0. The second-order valence-electron chi connectivity index (χ2n) is 5.82. The lowest BCUT2D eigenvalue weighted by atomic mass is 9.96. The molecule has 25 heavy (non-hydrogen) atoms. The van der Waals surface area contributed by atoms with Crippen molar-refractivity contribution in [1.82, 2.24) is 5.32 Å². The summed E-state index contributed by atoms with van der Waals surface area (Å²) < 4.78 is 10.9. The van der Waals surface area contributed by atoms with Gasteiger partial charge in [0.15, 0.2) is 17.1 Å². The molecule has 0 saturated heterocycles. The molecule has 0 bridgehead atoms. The molecule has 5 nitrogen and oxygen atoms in total. The molecule has 1 heterocycles. The summed E-state index contributed by atoms with van der Waals surface area (Å²) in [5.74, 6) is 0.612. The van der Waals surface area contributed by atoms with Gasteiger partial charge in [-0.25, -0.2) is 0 Å². The second kappa shape index (κ2) is 7.85. The van der Waals surface area contributed by atoms with E-state index >= 15 is 0 Å². The van der Waals surface area contributed by atoms with Gasteiger partial charge >= 0.3 is 0 Å². The summed E-state index contributed by atoms with van der Waals surface area (Å²) >= 11 is 0. The number of benzene rings is 2. The van der Waals surface area contributed by atoms with E-state index in [1.165, 1.54) is 0 Å². The highest BCUT2D eigenvalue weighted by Gasteiger charge is 2.17. The van der Waals surface area contributed by atoms with Crippen LogP contribution in [0.4, 0.5) is 0 Å².